The highest BCUT2D eigenvalue weighted by molar-refractivity contribution is 7.89. The largest absolute Gasteiger partial charge is 0.349 e. The number of aryl methyl sites for hydroxylation is 1. The number of benzene rings is 1. The Labute approximate surface area is 181 Å². The van der Waals surface area contributed by atoms with Crippen LogP contribution in [0.2, 0.25) is 10.0 Å². The first-order valence-electron chi connectivity index (χ1n) is 9.32. The zero-order valence-corrected chi connectivity index (χ0v) is 18.8. The molecule has 1 atom stereocenters. The van der Waals surface area contributed by atoms with Crippen molar-refractivity contribution in [2.75, 3.05) is 13.1 Å². The zero-order valence-electron chi connectivity index (χ0n) is 16.5. The maximum Gasteiger partial charge on any atom is 0.262 e. The zero-order chi connectivity index (χ0) is 21.3. The first-order valence-corrected chi connectivity index (χ1v) is 11.5. The van der Waals surface area contributed by atoms with Gasteiger partial charge in [0.1, 0.15) is 0 Å². The quantitative estimate of drug-likeness (QED) is 0.690. The number of imidazole rings is 1. The molecule has 1 aromatic carbocycles. The lowest BCUT2D eigenvalue weighted by Gasteiger charge is -2.42. The average Bonchev–Trinajstić information content (AvgIpc) is 2.99. The molecule has 1 aliphatic heterocycles. The van der Waals surface area contributed by atoms with Gasteiger partial charge < -0.3 is 9.88 Å². The van der Waals surface area contributed by atoms with Crippen molar-refractivity contribution in [3.8, 4) is 0 Å². The molecule has 1 N–H and O–H groups in total. The van der Waals surface area contributed by atoms with Gasteiger partial charge in [-0.25, -0.2) is 13.4 Å². The van der Waals surface area contributed by atoms with Crippen LogP contribution in [-0.4, -0.2) is 47.3 Å². The Morgan fingerprint density at radius 2 is 2.00 bits per heavy atom. The summed E-state index contributed by atoms with van der Waals surface area (Å²) in [6.07, 6.45) is 3.68. The fourth-order valence-corrected chi connectivity index (χ4v) is 5.39. The number of halogens is 2. The van der Waals surface area contributed by atoms with Crippen LogP contribution in [-0.2, 0) is 17.1 Å². The number of amides is 1. The Balaban J connectivity index is 1.70. The predicted octanol–water partition coefficient (Wildman–Crippen LogP) is 3.19. The molecule has 0 aliphatic carbocycles. The minimum Gasteiger partial charge on any atom is -0.349 e. The van der Waals surface area contributed by atoms with E-state index in [1.54, 1.807) is 23.7 Å². The van der Waals surface area contributed by atoms with E-state index < -0.39 is 10.0 Å². The van der Waals surface area contributed by atoms with Gasteiger partial charge in [0.15, 0.2) is 5.03 Å². The van der Waals surface area contributed by atoms with E-state index >= 15 is 0 Å². The van der Waals surface area contributed by atoms with Crippen molar-refractivity contribution >= 4 is 39.1 Å². The van der Waals surface area contributed by atoms with Crippen molar-refractivity contribution < 1.29 is 13.2 Å². The molecule has 1 saturated heterocycles. The molecule has 0 saturated carbocycles. The number of sulfonamides is 1. The summed E-state index contributed by atoms with van der Waals surface area (Å²) in [5.74, 6) is 0.0664. The van der Waals surface area contributed by atoms with E-state index in [1.807, 2.05) is 0 Å². The Kier molecular flexibility index (Phi) is 6.57. The molecule has 1 unspecified atom stereocenters. The van der Waals surface area contributed by atoms with E-state index in [0.717, 1.165) is 6.42 Å². The van der Waals surface area contributed by atoms with Gasteiger partial charge in [-0.15, -0.1) is 0 Å². The molecule has 1 amide bonds. The summed E-state index contributed by atoms with van der Waals surface area (Å²) in [5.41, 5.74) is 0.349. The summed E-state index contributed by atoms with van der Waals surface area (Å²) in [4.78, 5) is 16.7. The van der Waals surface area contributed by atoms with E-state index in [0.29, 0.717) is 29.6 Å². The van der Waals surface area contributed by atoms with Crippen LogP contribution in [0.15, 0.2) is 35.7 Å². The maximum atomic E-state index is 12.7. The van der Waals surface area contributed by atoms with Gasteiger partial charge in [-0.3, -0.25) is 4.79 Å². The minimum absolute atomic E-state index is 0.0194. The van der Waals surface area contributed by atoms with Crippen LogP contribution >= 0.6 is 23.2 Å². The minimum atomic E-state index is -3.62. The summed E-state index contributed by atoms with van der Waals surface area (Å²) >= 11 is 12.1. The van der Waals surface area contributed by atoms with Crippen LogP contribution in [0.25, 0.3) is 0 Å². The molecule has 0 spiro atoms. The van der Waals surface area contributed by atoms with E-state index in [-0.39, 0.29) is 27.9 Å². The maximum absolute atomic E-state index is 12.7. The van der Waals surface area contributed by atoms with Gasteiger partial charge in [-0.1, -0.05) is 37.0 Å². The average molecular weight is 459 g/mol. The number of nitrogens with zero attached hydrogens (tertiary/aromatic N) is 3. The Bertz CT molecular complexity index is 1000. The lowest BCUT2D eigenvalue weighted by atomic mass is 9.87. The molecular formula is C19H24Cl2N4O3S. The molecule has 2 heterocycles. The highest BCUT2D eigenvalue weighted by Gasteiger charge is 2.42. The van der Waals surface area contributed by atoms with Crippen molar-refractivity contribution in [2.45, 2.75) is 31.3 Å². The smallest absolute Gasteiger partial charge is 0.262 e. The number of rotatable bonds is 7. The third-order valence-electron chi connectivity index (χ3n) is 4.95. The van der Waals surface area contributed by atoms with Crippen LogP contribution in [0, 0.1) is 11.8 Å². The second-order valence-corrected chi connectivity index (χ2v) is 10.5. The number of carbonyl (C=O) groups is 1. The van der Waals surface area contributed by atoms with Crippen LogP contribution in [0.4, 0.5) is 0 Å². The summed E-state index contributed by atoms with van der Waals surface area (Å²) in [5, 5.41) is 3.81. The van der Waals surface area contributed by atoms with Crippen molar-refractivity contribution in [3.05, 3.63) is 46.3 Å². The molecule has 0 radical (unpaired) electrons. The summed E-state index contributed by atoms with van der Waals surface area (Å²) < 4.78 is 28.3. The Hall–Kier alpha value is -1.61. The lowest BCUT2D eigenvalue weighted by molar-refractivity contribution is 0.0853. The third-order valence-corrected chi connectivity index (χ3v) is 7.21. The van der Waals surface area contributed by atoms with Gasteiger partial charge in [0.05, 0.1) is 16.9 Å². The molecule has 1 aliphatic rings. The van der Waals surface area contributed by atoms with Gasteiger partial charge in [0.2, 0.25) is 0 Å². The summed E-state index contributed by atoms with van der Waals surface area (Å²) in [7, 11) is -1.89. The number of aromatic nitrogens is 2. The van der Waals surface area contributed by atoms with Gasteiger partial charge in [-0.05, 0) is 30.5 Å². The van der Waals surface area contributed by atoms with Crippen LogP contribution in [0.3, 0.4) is 0 Å². The first kappa shape index (κ1) is 22.1. The molecule has 10 heteroatoms. The number of hydrogen-bond donors (Lipinski definition) is 1. The molecule has 3 rings (SSSR count). The SMILES string of the molecule is CC(C)CC(NC(=O)c1ccc(Cl)cc1Cl)C1CN(S(=O)(=O)c2cn(C)cn2)C1. The Morgan fingerprint density at radius 3 is 2.55 bits per heavy atom. The van der Waals surface area contributed by atoms with E-state index in [1.165, 1.54) is 22.9 Å². The standard InChI is InChI=1S/C19H24Cl2N4O3S/c1-12(2)6-17(23-19(26)15-5-4-14(20)7-16(15)21)13-8-25(9-13)29(27,28)18-10-24(3)11-22-18/h4-5,7,10-13,17H,6,8-9H2,1-3H3,(H,23,26). The molecule has 7 nitrogen and oxygen atoms in total. The predicted molar refractivity (Wildman–Crippen MR) is 113 cm³/mol. The third kappa shape index (κ3) is 4.94. The number of nitrogens with one attached hydrogen (secondary N) is 1. The normalized spacial score (nSPS) is 16.6. The fourth-order valence-electron chi connectivity index (χ4n) is 3.37. The second-order valence-electron chi connectivity index (χ2n) is 7.79. The molecule has 0 bridgehead atoms. The van der Waals surface area contributed by atoms with Gasteiger partial charge >= 0.3 is 0 Å². The van der Waals surface area contributed by atoms with Crippen LogP contribution < -0.4 is 5.32 Å². The lowest BCUT2D eigenvalue weighted by Crippen LogP contribution is -2.58. The summed E-state index contributed by atoms with van der Waals surface area (Å²) in [6, 6.07) is 4.57. The summed E-state index contributed by atoms with van der Waals surface area (Å²) in [6.45, 7) is 4.81. The highest BCUT2D eigenvalue weighted by atomic mass is 35.5. The van der Waals surface area contributed by atoms with Crippen molar-refractivity contribution in [2.24, 2.45) is 18.9 Å². The van der Waals surface area contributed by atoms with Gasteiger partial charge in [0.25, 0.3) is 15.9 Å². The van der Waals surface area contributed by atoms with Crippen molar-refractivity contribution in [1.82, 2.24) is 19.2 Å². The van der Waals surface area contributed by atoms with Gasteiger partial charge in [-0.2, -0.15) is 4.31 Å². The molecule has 1 fully saturated rings. The monoisotopic (exact) mass is 458 g/mol. The second kappa shape index (κ2) is 8.63. The molecule has 1 aromatic heterocycles. The first-order chi connectivity index (χ1) is 13.6. The van der Waals surface area contributed by atoms with Crippen molar-refractivity contribution in [3.63, 3.8) is 0 Å². The molecule has 29 heavy (non-hydrogen) atoms. The van der Waals surface area contributed by atoms with Crippen LogP contribution in [0.1, 0.15) is 30.6 Å². The fraction of sp³-hybridized carbons (Fsp3) is 0.474. The molecule has 2 aromatic rings. The van der Waals surface area contributed by atoms with E-state index in [4.69, 9.17) is 23.2 Å². The molecule has 158 valence electrons. The van der Waals surface area contributed by atoms with Crippen molar-refractivity contribution in [1.29, 1.82) is 0 Å². The number of hydrogen-bond acceptors (Lipinski definition) is 4. The number of carbonyl (C=O) groups excluding carboxylic acids is 1. The topological polar surface area (TPSA) is 84.3 Å². The van der Waals surface area contributed by atoms with Gasteiger partial charge in [0, 0.05) is 43.3 Å². The van der Waals surface area contributed by atoms with Crippen LogP contribution in [0.5, 0.6) is 0 Å². The highest BCUT2D eigenvalue weighted by Crippen LogP contribution is 2.29. The van der Waals surface area contributed by atoms with E-state index in [9.17, 15) is 13.2 Å². The van der Waals surface area contributed by atoms with E-state index in [2.05, 4.69) is 24.1 Å². The Morgan fingerprint density at radius 1 is 1.31 bits per heavy atom. The molecular weight excluding hydrogens is 435 g/mol.